The van der Waals surface area contributed by atoms with Crippen LogP contribution in [0.3, 0.4) is 0 Å². The highest BCUT2D eigenvalue weighted by atomic mass is 19.1. The van der Waals surface area contributed by atoms with Crippen molar-refractivity contribution in [1.82, 2.24) is 10.2 Å². The number of amides is 2. The lowest BCUT2D eigenvalue weighted by atomic mass is 9.88. The highest BCUT2D eigenvalue weighted by molar-refractivity contribution is 5.95. The van der Waals surface area contributed by atoms with Gasteiger partial charge in [0.05, 0.1) is 19.6 Å². The zero-order valence-electron chi connectivity index (χ0n) is 16.6. The van der Waals surface area contributed by atoms with E-state index in [1.165, 1.54) is 24.3 Å². The Morgan fingerprint density at radius 3 is 2.59 bits per heavy atom. The normalized spacial score (nSPS) is 18.5. The number of methoxy groups -OCH3 is 2. The van der Waals surface area contributed by atoms with Crippen LogP contribution in [-0.4, -0.2) is 57.2 Å². The van der Waals surface area contributed by atoms with Crippen LogP contribution in [0.15, 0.2) is 48.5 Å². The van der Waals surface area contributed by atoms with E-state index in [-0.39, 0.29) is 24.3 Å². The van der Waals surface area contributed by atoms with E-state index in [2.05, 4.69) is 5.32 Å². The quantitative estimate of drug-likeness (QED) is 0.725. The minimum absolute atomic E-state index is 0.121. The standard InChI is InChI=1S/C22H25FN2O4/c1-28-11-10-24-21(26)20-14-25(22(27)15-6-8-17(23)9-7-15)13-19(20)16-4-3-5-18(12-16)29-2/h3-9,12,19-20H,10-11,13-14H2,1-2H3,(H,24,26)/t19-,20+/m0/s1. The molecule has 0 spiro atoms. The third kappa shape index (κ3) is 4.92. The summed E-state index contributed by atoms with van der Waals surface area (Å²) in [4.78, 5) is 27.4. The van der Waals surface area contributed by atoms with Gasteiger partial charge in [-0.3, -0.25) is 9.59 Å². The van der Waals surface area contributed by atoms with E-state index in [0.717, 1.165) is 5.56 Å². The van der Waals surface area contributed by atoms with Gasteiger partial charge in [0.25, 0.3) is 5.91 Å². The first kappa shape index (κ1) is 20.8. The van der Waals surface area contributed by atoms with Crippen LogP contribution in [0.5, 0.6) is 5.75 Å². The number of hydrogen-bond donors (Lipinski definition) is 1. The minimum atomic E-state index is -0.400. The summed E-state index contributed by atoms with van der Waals surface area (Å²) in [6.07, 6.45) is 0. The van der Waals surface area contributed by atoms with Crippen molar-refractivity contribution in [2.75, 3.05) is 40.5 Å². The molecule has 3 rings (SSSR count). The first-order valence-electron chi connectivity index (χ1n) is 9.49. The van der Waals surface area contributed by atoms with Gasteiger partial charge in [-0.05, 0) is 42.0 Å². The first-order valence-corrected chi connectivity index (χ1v) is 9.49. The van der Waals surface area contributed by atoms with Gasteiger partial charge in [0.15, 0.2) is 0 Å². The molecule has 29 heavy (non-hydrogen) atoms. The number of ether oxygens (including phenoxy) is 2. The van der Waals surface area contributed by atoms with Gasteiger partial charge in [0, 0.05) is 38.2 Å². The SMILES string of the molecule is COCCNC(=O)[C@@H]1CN(C(=O)c2ccc(F)cc2)C[C@H]1c1cccc(OC)c1. The number of nitrogens with zero attached hydrogens (tertiary/aromatic N) is 1. The Hall–Kier alpha value is -2.93. The van der Waals surface area contributed by atoms with Crippen molar-refractivity contribution in [1.29, 1.82) is 0 Å². The van der Waals surface area contributed by atoms with E-state index in [9.17, 15) is 14.0 Å². The third-order valence-electron chi connectivity index (χ3n) is 5.16. The fourth-order valence-corrected chi connectivity index (χ4v) is 3.63. The molecule has 2 amide bonds. The van der Waals surface area contributed by atoms with Crippen molar-refractivity contribution in [2.24, 2.45) is 5.92 Å². The third-order valence-corrected chi connectivity index (χ3v) is 5.16. The molecule has 0 unspecified atom stereocenters. The number of rotatable bonds is 7. The van der Waals surface area contributed by atoms with Crippen molar-refractivity contribution in [3.8, 4) is 5.75 Å². The van der Waals surface area contributed by atoms with E-state index in [0.29, 0.717) is 31.0 Å². The molecule has 0 aromatic heterocycles. The zero-order chi connectivity index (χ0) is 20.8. The number of carbonyl (C=O) groups excluding carboxylic acids is 2. The average Bonchev–Trinajstić information content (AvgIpc) is 3.19. The van der Waals surface area contributed by atoms with E-state index < -0.39 is 11.7 Å². The highest BCUT2D eigenvalue weighted by Gasteiger charge is 2.40. The van der Waals surface area contributed by atoms with Gasteiger partial charge >= 0.3 is 0 Å². The molecule has 1 fully saturated rings. The van der Waals surface area contributed by atoms with Gasteiger partial charge in [-0.1, -0.05) is 12.1 Å². The number of carbonyl (C=O) groups is 2. The molecule has 2 aromatic carbocycles. The van der Waals surface area contributed by atoms with Crippen LogP contribution >= 0.6 is 0 Å². The Labute approximate surface area is 169 Å². The van der Waals surface area contributed by atoms with Crippen LogP contribution in [0.1, 0.15) is 21.8 Å². The fraction of sp³-hybridized carbons (Fsp3) is 0.364. The van der Waals surface area contributed by atoms with E-state index in [4.69, 9.17) is 9.47 Å². The van der Waals surface area contributed by atoms with E-state index >= 15 is 0 Å². The van der Waals surface area contributed by atoms with Gasteiger partial charge in [-0.25, -0.2) is 4.39 Å². The van der Waals surface area contributed by atoms with Crippen molar-refractivity contribution >= 4 is 11.8 Å². The second-order valence-electron chi connectivity index (χ2n) is 6.99. The van der Waals surface area contributed by atoms with Gasteiger partial charge in [-0.2, -0.15) is 0 Å². The predicted octanol–water partition coefficient (Wildman–Crippen LogP) is 2.45. The smallest absolute Gasteiger partial charge is 0.253 e. The van der Waals surface area contributed by atoms with Crippen LogP contribution in [0.25, 0.3) is 0 Å². The largest absolute Gasteiger partial charge is 0.497 e. The van der Waals surface area contributed by atoms with Crippen LogP contribution in [-0.2, 0) is 9.53 Å². The number of nitrogens with one attached hydrogen (secondary N) is 1. The molecule has 1 N–H and O–H groups in total. The van der Waals surface area contributed by atoms with Crippen LogP contribution in [0.4, 0.5) is 4.39 Å². The summed E-state index contributed by atoms with van der Waals surface area (Å²) in [5.41, 5.74) is 1.34. The molecule has 2 aromatic rings. The van der Waals surface area contributed by atoms with Crippen molar-refractivity contribution in [3.05, 3.63) is 65.5 Å². The number of halogens is 1. The molecule has 0 bridgehead atoms. The van der Waals surface area contributed by atoms with Crippen LogP contribution in [0, 0.1) is 11.7 Å². The number of hydrogen-bond acceptors (Lipinski definition) is 4. The minimum Gasteiger partial charge on any atom is -0.497 e. The first-order chi connectivity index (χ1) is 14.0. The molecule has 154 valence electrons. The van der Waals surface area contributed by atoms with Gasteiger partial charge in [0.2, 0.25) is 5.91 Å². The van der Waals surface area contributed by atoms with Crippen LogP contribution in [0.2, 0.25) is 0 Å². The van der Waals surface area contributed by atoms with Gasteiger partial charge < -0.3 is 19.7 Å². The van der Waals surface area contributed by atoms with Gasteiger partial charge in [-0.15, -0.1) is 0 Å². The summed E-state index contributed by atoms with van der Waals surface area (Å²) in [6.45, 7) is 1.51. The maximum Gasteiger partial charge on any atom is 0.253 e. The summed E-state index contributed by atoms with van der Waals surface area (Å²) >= 11 is 0. The molecule has 1 heterocycles. The maximum atomic E-state index is 13.2. The van der Waals surface area contributed by atoms with Crippen molar-refractivity contribution < 1.29 is 23.5 Å². The fourth-order valence-electron chi connectivity index (χ4n) is 3.63. The molecule has 0 saturated carbocycles. The van der Waals surface area contributed by atoms with Crippen molar-refractivity contribution in [3.63, 3.8) is 0 Å². The Morgan fingerprint density at radius 1 is 1.14 bits per heavy atom. The Balaban J connectivity index is 1.83. The second kappa shape index (κ2) is 9.52. The predicted molar refractivity (Wildman–Crippen MR) is 106 cm³/mol. The Morgan fingerprint density at radius 2 is 1.90 bits per heavy atom. The Kier molecular flexibility index (Phi) is 6.82. The summed E-state index contributed by atoms with van der Waals surface area (Å²) in [6, 6.07) is 13.0. The lowest BCUT2D eigenvalue weighted by Gasteiger charge is -2.18. The average molecular weight is 400 g/mol. The lowest BCUT2D eigenvalue weighted by Crippen LogP contribution is -2.37. The molecule has 0 aliphatic carbocycles. The zero-order valence-corrected chi connectivity index (χ0v) is 16.6. The summed E-state index contributed by atoms with van der Waals surface area (Å²) < 4.78 is 23.5. The summed E-state index contributed by atoms with van der Waals surface area (Å²) in [5, 5.41) is 2.88. The molecule has 1 saturated heterocycles. The number of benzene rings is 2. The summed E-state index contributed by atoms with van der Waals surface area (Å²) in [7, 11) is 3.16. The molecule has 1 aliphatic heterocycles. The van der Waals surface area contributed by atoms with Crippen LogP contribution < -0.4 is 10.1 Å². The van der Waals surface area contributed by atoms with Crippen molar-refractivity contribution in [2.45, 2.75) is 5.92 Å². The second-order valence-corrected chi connectivity index (χ2v) is 6.99. The molecule has 1 aliphatic rings. The monoisotopic (exact) mass is 400 g/mol. The lowest BCUT2D eigenvalue weighted by molar-refractivity contribution is -0.125. The molecule has 2 atom stereocenters. The molecular weight excluding hydrogens is 375 g/mol. The number of likely N-dealkylation sites (tertiary alicyclic amines) is 1. The Bertz CT molecular complexity index is 856. The summed E-state index contributed by atoms with van der Waals surface area (Å²) in [5.74, 6) is -0.605. The molecule has 7 heteroatoms. The topological polar surface area (TPSA) is 67.9 Å². The maximum absolute atomic E-state index is 13.2. The van der Waals surface area contributed by atoms with E-state index in [1.807, 2.05) is 24.3 Å². The molecule has 0 radical (unpaired) electrons. The van der Waals surface area contributed by atoms with Gasteiger partial charge in [0.1, 0.15) is 11.6 Å². The highest BCUT2D eigenvalue weighted by Crippen LogP contribution is 2.35. The molecule has 6 nitrogen and oxygen atoms in total. The molecular formula is C22H25FN2O4. The van der Waals surface area contributed by atoms with E-state index in [1.54, 1.807) is 19.1 Å².